The quantitative estimate of drug-likeness (QED) is 0.769. The Morgan fingerprint density at radius 1 is 1.12 bits per heavy atom. The molecule has 3 heteroatoms. The minimum absolute atomic E-state index is 0.640. The molecule has 0 bridgehead atoms. The predicted molar refractivity (Wildman–Crippen MR) is 70.3 cm³/mol. The number of nitrogen functional groups attached to an aromatic ring is 1. The summed E-state index contributed by atoms with van der Waals surface area (Å²) < 4.78 is 0. The van der Waals surface area contributed by atoms with Crippen molar-refractivity contribution >= 4 is 28.7 Å². The number of rotatable bonds is 2. The number of hydrogen-bond acceptors (Lipinski definition) is 2. The fraction of sp³-hybridized carbons (Fsp3) is 0.0769. The molecule has 0 amide bonds. The summed E-state index contributed by atoms with van der Waals surface area (Å²) >= 11 is 5.97. The Morgan fingerprint density at radius 3 is 2.50 bits per heavy atom. The summed E-state index contributed by atoms with van der Waals surface area (Å²) in [7, 11) is 0. The summed E-state index contributed by atoms with van der Waals surface area (Å²) in [5.41, 5.74) is 9.52. The maximum atomic E-state index is 5.97. The molecule has 2 rings (SSSR count). The fourth-order valence-electron chi connectivity index (χ4n) is 1.51. The van der Waals surface area contributed by atoms with Crippen LogP contribution in [0.4, 0.5) is 17.1 Å². The third-order valence-electron chi connectivity index (χ3n) is 2.47. The molecule has 0 fully saturated rings. The first-order valence-corrected chi connectivity index (χ1v) is 5.42. The van der Waals surface area contributed by atoms with E-state index >= 15 is 0 Å². The van der Waals surface area contributed by atoms with Gasteiger partial charge >= 0.3 is 0 Å². The van der Waals surface area contributed by atoms with Crippen molar-refractivity contribution in [2.75, 3.05) is 11.1 Å². The molecule has 0 spiro atoms. The van der Waals surface area contributed by atoms with E-state index in [2.05, 4.69) is 5.32 Å². The zero-order chi connectivity index (χ0) is 11.5. The molecule has 16 heavy (non-hydrogen) atoms. The van der Waals surface area contributed by atoms with Crippen molar-refractivity contribution in [2.24, 2.45) is 0 Å². The average Bonchev–Trinajstić information content (AvgIpc) is 2.27. The lowest BCUT2D eigenvalue weighted by atomic mass is 10.1. The van der Waals surface area contributed by atoms with E-state index in [0.29, 0.717) is 10.7 Å². The number of nitrogens with two attached hydrogens (primary N) is 1. The summed E-state index contributed by atoms with van der Waals surface area (Å²) in [6.07, 6.45) is 0. The van der Waals surface area contributed by atoms with E-state index in [1.165, 1.54) is 0 Å². The molecule has 0 aliphatic carbocycles. The van der Waals surface area contributed by atoms with E-state index < -0.39 is 0 Å². The van der Waals surface area contributed by atoms with Crippen LogP contribution in [0.3, 0.4) is 0 Å². The summed E-state index contributed by atoms with van der Waals surface area (Å²) in [5.74, 6) is 0. The second-order valence-electron chi connectivity index (χ2n) is 3.66. The van der Waals surface area contributed by atoms with Crippen molar-refractivity contribution in [3.05, 3.63) is 53.1 Å². The minimum Gasteiger partial charge on any atom is -0.398 e. The molecule has 0 atom stereocenters. The van der Waals surface area contributed by atoms with Crippen molar-refractivity contribution in [2.45, 2.75) is 6.92 Å². The monoisotopic (exact) mass is 232 g/mol. The standard InChI is InChI=1S/C13H13ClN2/c1-9-12(15)7-10(14)8-13(9)16-11-5-3-2-4-6-11/h2-8,16H,15H2,1H3. The Hall–Kier alpha value is -1.67. The van der Waals surface area contributed by atoms with Crippen molar-refractivity contribution in [3.8, 4) is 0 Å². The van der Waals surface area contributed by atoms with Gasteiger partial charge in [-0.1, -0.05) is 29.8 Å². The number of hydrogen-bond donors (Lipinski definition) is 2. The van der Waals surface area contributed by atoms with Gasteiger partial charge in [0.1, 0.15) is 0 Å². The molecular weight excluding hydrogens is 220 g/mol. The van der Waals surface area contributed by atoms with E-state index in [0.717, 1.165) is 16.9 Å². The molecule has 0 heterocycles. The largest absolute Gasteiger partial charge is 0.398 e. The number of para-hydroxylation sites is 1. The van der Waals surface area contributed by atoms with Crippen molar-refractivity contribution in [1.82, 2.24) is 0 Å². The Bertz CT molecular complexity index is 495. The molecule has 0 radical (unpaired) electrons. The second-order valence-corrected chi connectivity index (χ2v) is 4.10. The van der Waals surface area contributed by atoms with Crippen LogP contribution in [0.5, 0.6) is 0 Å². The number of benzene rings is 2. The Labute approximate surface area is 100 Å². The van der Waals surface area contributed by atoms with Crippen molar-refractivity contribution in [1.29, 1.82) is 0 Å². The van der Waals surface area contributed by atoms with Gasteiger partial charge in [0, 0.05) is 22.1 Å². The van der Waals surface area contributed by atoms with Crippen molar-refractivity contribution < 1.29 is 0 Å². The van der Waals surface area contributed by atoms with Crippen LogP contribution >= 0.6 is 11.6 Å². The van der Waals surface area contributed by atoms with Gasteiger partial charge in [-0.3, -0.25) is 0 Å². The molecule has 0 aliphatic heterocycles. The van der Waals surface area contributed by atoms with Crippen LogP contribution in [0, 0.1) is 6.92 Å². The number of nitrogens with one attached hydrogen (secondary N) is 1. The third kappa shape index (κ3) is 2.28. The highest BCUT2D eigenvalue weighted by Gasteiger charge is 2.04. The first-order chi connectivity index (χ1) is 7.66. The predicted octanol–water partition coefficient (Wildman–Crippen LogP) is 3.97. The highest BCUT2D eigenvalue weighted by molar-refractivity contribution is 6.31. The summed E-state index contributed by atoms with van der Waals surface area (Å²) in [6.45, 7) is 1.97. The van der Waals surface area contributed by atoms with Crippen LogP contribution in [-0.2, 0) is 0 Å². The SMILES string of the molecule is Cc1c(N)cc(Cl)cc1Nc1ccccc1. The molecule has 0 aliphatic rings. The van der Waals surface area contributed by atoms with Gasteiger partial charge in [-0.2, -0.15) is 0 Å². The molecule has 0 aromatic heterocycles. The summed E-state index contributed by atoms with van der Waals surface area (Å²) in [6, 6.07) is 13.6. The highest BCUT2D eigenvalue weighted by atomic mass is 35.5. The lowest BCUT2D eigenvalue weighted by Crippen LogP contribution is -1.97. The molecule has 82 valence electrons. The molecule has 0 unspecified atom stereocenters. The van der Waals surface area contributed by atoms with Crippen LogP contribution in [0.25, 0.3) is 0 Å². The topological polar surface area (TPSA) is 38.0 Å². The van der Waals surface area contributed by atoms with Gasteiger partial charge in [-0.05, 0) is 36.8 Å². The third-order valence-corrected chi connectivity index (χ3v) is 2.68. The van der Waals surface area contributed by atoms with Crippen LogP contribution in [0.15, 0.2) is 42.5 Å². The minimum atomic E-state index is 0.640. The molecule has 2 aromatic rings. The van der Waals surface area contributed by atoms with Crippen LogP contribution in [-0.4, -0.2) is 0 Å². The molecule has 2 nitrogen and oxygen atoms in total. The first kappa shape index (κ1) is 10.8. The van der Waals surface area contributed by atoms with Gasteiger partial charge in [0.2, 0.25) is 0 Å². The fourth-order valence-corrected chi connectivity index (χ4v) is 1.73. The normalized spacial score (nSPS) is 10.1. The van der Waals surface area contributed by atoms with Crippen LogP contribution in [0.1, 0.15) is 5.56 Å². The Balaban J connectivity index is 2.35. The second kappa shape index (κ2) is 4.45. The van der Waals surface area contributed by atoms with Crippen molar-refractivity contribution in [3.63, 3.8) is 0 Å². The number of halogens is 1. The number of anilines is 3. The van der Waals surface area contributed by atoms with Gasteiger partial charge in [0.25, 0.3) is 0 Å². The van der Waals surface area contributed by atoms with Gasteiger partial charge in [-0.15, -0.1) is 0 Å². The van der Waals surface area contributed by atoms with E-state index in [1.807, 2.05) is 43.3 Å². The highest BCUT2D eigenvalue weighted by Crippen LogP contribution is 2.28. The Morgan fingerprint density at radius 2 is 1.81 bits per heavy atom. The van der Waals surface area contributed by atoms with Crippen LogP contribution in [0.2, 0.25) is 5.02 Å². The lowest BCUT2D eigenvalue weighted by Gasteiger charge is -2.12. The van der Waals surface area contributed by atoms with E-state index in [-0.39, 0.29) is 0 Å². The maximum absolute atomic E-state index is 5.97. The van der Waals surface area contributed by atoms with Gasteiger partial charge in [-0.25, -0.2) is 0 Å². The summed E-state index contributed by atoms with van der Waals surface area (Å²) in [5, 5.41) is 3.93. The molecule has 0 saturated carbocycles. The van der Waals surface area contributed by atoms with Gasteiger partial charge in [0.15, 0.2) is 0 Å². The van der Waals surface area contributed by atoms with Gasteiger partial charge < -0.3 is 11.1 Å². The zero-order valence-corrected chi connectivity index (χ0v) is 9.75. The Kier molecular flexibility index (Phi) is 3.02. The lowest BCUT2D eigenvalue weighted by molar-refractivity contribution is 1.43. The van der Waals surface area contributed by atoms with E-state index in [4.69, 9.17) is 17.3 Å². The smallest absolute Gasteiger partial charge is 0.0449 e. The molecule has 3 N–H and O–H groups in total. The van der Waals surface area contributed by atoms with Gasteiger partial charge in [0.05, 0.1) is 0 Å². The first-order valence-electron chi connectivity index (χ1n) is 5.04. The zero-order valence-electron chi connectivity index (χ0n) is 9.00. The van der Waals surface area contributed by atoms with Crippen LogP contribution < -0.4 is 11.1 Å². The molecule has 0 saturated heterocycles. The molecular formula is C13H13ClN2. The van der Waals surface area contributed by atoms with E-state index in [1.54, 1.807) is 6.07 Å². The average molecular weight is 233 g/mol. The molecule has 2 aromatic carbocycles. The van der Waals surface area contributed by atoms with E-state index in [9.17, 15) is 0 Å². The summed E-state index contributed by atoms with van der Waals surface area (Å²) in [4.78, 5) is 0. The maximum Gasteiger partial charge on any atom is 0.0449 e.